The summed E-state index contributed by atoms with van der Waals surface area (Å²) in [6, 6.07) is 1.83. The third-order valence-electron chi connectivity index (χ3n) is 2.22. The highest BCUT2D eigenvalue weighted by Crippen LogP contribution is 2.27. The van der Waals surface area contributed by atoms with Gasteiger partial charge in [0, 0.05) is 13.1 Å². The Bertz CT molecular complexity index is 429. The van der Waals surface area contributed by atoms with Gasteiger partial charge in [0.1, 0.15) is 4.83 Å². The van der Waals surface area contributed by atoms with Crippen LogP contribution in [0.15, 0.2) is 6.07 Å². The summed E-state index contributed by atoms with van der Waals surface area (Å²) in [6.07, 6.45) is 0. The van der Waals surface area contributed by atoms with Crippen molar-refractivity contribution in [3.63, 3.8) is 0 Å². The molecule has 0 radical (unpaired) electrons. The predicted octanol–water partition coefficient (Wildman–Crippen LogP) is -0.00240. The van der Waals surface area contributed by atoms with Gasteiger partial charge in [-0.25, -0.2) is 4.98 Å². The van der Waals surface area contributed by atoms with Crippen LogP contribution in [0.1, 0.15) is 0 Å². The number of nitrogens with two attached hydrogens (primary N) is 1. The molecule has 0 aliphatic carbocycles. The Morgan fingerprint density at radius 3 is 2.62 bits per heavy atom. The Labute approximate surface area is 96.3 Å². The van der Waals surface area contributed by atoms with Gasteiger partial charge in [0.2, 0.25) is 5.95 Å². The molecule has 0 bridgehead atoms. The van der Waals surface area contributed by atoms with Crippen molar-refractivity contribution in [1.29, 1.82) is 0 Å². The molecule has 7 heteroatoms. The van der Waals surface area contributed by atoms with Crippen molar-refractivity contribution in [3.05, 3.63) is 6.07 Å². The molecule has 0 aromatic carbocycles. The van der Waals surface area contributed by atoms with Gasteiger partial charge >= 0.3 is 0 Å². The van der Waals surface area contributed by atoms with Gasteiger partial charge in [0.25, 0.3) is 0 Å². The van der Waals surface area contributed by atoms with Crippen LogP contribution in [-0.4, -0.2) is 46.5 Å². The molecule has 16 heavy (non-hydrogen) atoms. The molecule has 88 valence electrons. The number of imidazole rings is 1. The van der Waals surface area contributed by atoms with Crippen molar-refractivity contribution < 1.29 is 10.2 Å². The lowest BCUT2D eigenvalue weighted by atomic mass is 10.5. The van der Waals surface area contributed by atoms with Crippen LogP contribution in [0.5, 0.6) is 0 Å². The van der Waals surface area contributed by atoms with Gasteiger partial charge in [-0.3, -0.25) is 0 Å². The first-order valence-electron chi connectivity index (χ1n) is 4.96. The second-order valence-corrected chi connectivity index (χ2v) is 4.42. The maximum absolute atomic E-state index is 8.91. The Morgan fingerprint density at radius 2 is 2.06 bits per heavy atom. The number of fused-ring (bicyclic) bond motifs is 1. The molecule has 0 atom stereocenters. The quantitative estimate of drug-likeness (QED) is 0.591. The maximum atomic E-state index is 8.91. The first-order valence-corrected chi connectivity index (χ1v) is 5.78. The molecule has 0 amide bonds. The van der Waals surface area contributed by atoms with Crippen molar-refractivity contribution >= 4 is 32.6 Å². The summed E-state index contributed by atoms with van der Waals surface area (Å²) in [5.74, 6) is 0.657. The van der Waals surface area contributed by atoms with Gasteiger partial charge in [-0.05, 0) is 6.07 Å². The van der Waals surface area contributed by atoms with Gasteiger partial charge in [-0.15, -0.1) is 0 Å². The summed E-state index contributed by atoms with van der Waals surface area (Å²) in [4.78, 5) is 10.1. The number of hydrogen-bond donors (Lipinski definition) is 4. The van der Waals surface area contributed by atoms with Crippen molar-refractivity contribution in [3.8, 4) is 0 Å². The van der Waals surface area contributed by atoms with Crippen LogP contribution in [0.2, 0.25) is 0 Å². The summed E-state index contributed by atoms with van der Waals surface area (Å²) in [7, 11) is 0. The highest BCUT2D eigenvalue weighted by atomic mass is 32.1. The van der Waals surface area contributed by atoms with Crippen LogP contribution >= 0.6 is 11.3 Å². The van der Waals surface area contributed by atoms with Crippen molar-refractivity contribution in [1.82, 2.24) is 9.97 Å². The van der Waals surface area contributed by atoms with Gasteiger partial charge in [0.05, 0.1) is 23.7 Å². The molecular weight excluding hydrogens is 228 g/mol. The molecule has 2 aromatic rings. The smallest absolute Gasteiger partial charge is 0.204 e. The lowest BCUT2D eigenvalue weighted by Crippen LogP contribution is -2.30. The number of aromatic amines is 1. The number of H-pyrrole nitrogens is 1. The normalized spacial score (nSPS) is 11.1. The lowest BCUT2D eigenvalue weighted by Gasteiger charge is -2.19. The van der Waals surface area contributed by atoms with Crippen LogP contribution in [0.3, 0.4) is 0 Å². The lowest BCUT2D eigenvalue weighted by molar-refractivity contribution is 0.280. The number of nitrogen functional groups attached to an aromatic ring is 1. The number of rotatable bonds is 5. The number of aromatic nitrogens is 2. The molecule has 2 heterocycles. The number of aliphatic hydroxyl groups is 2. The zero-order valence-electron chi connectivity index (χ0n) is 8.68. The summed E-state index contributed by atoms with van der Waals surface area (Å²) >= 11 is 1.41. The van der Waals surface area contributed by atoms with E-state index < -0.39 is 0 Å². The Morgan fingerprint density at radius 1 is 1.38 bits per heavy atom. The first-order chi connectivity index (χ1) is 7.74. The molecule has 0 spiro atoms. The van der Waals surface area contributed by atoms with Crippen LogP contribution in [-0.2, 0) is 0 Å². The fourth-order valence-corrected chi connectivity index (χ4v) is 2.28. The second-order valence-electron chi connectivity index (χ2n) is 3.36. The molecule has 6 nitrogen and oxygen atoms in total. The molecular formula is C9H14N4O2S. The summed E-state index contributed by atoms with van der Waals surface area (Å²) in [5, 5.41) is 18.5. The third kappa shape index (κ3) is 2.11. The highest BCUT2D eigenvalue weighted by Gasteiger charge is 2.12. The molecule has 2 rings (SSSR count). The SMILES string of the molecule is Nc1cc2[nH]c(N(CCO)CCO)nc2s1. The van der Waals surface area contributed by atoms with Crippen molar-refractivity contribution in [2.45, 2.75) is 0 Å². The van der Waals surface area contributed by atoms with E-state index in [1.807, 2.05) is 6.07 Å². The van der Waals surface area contributed by atoms with Gasteiger partial charge < -0.3 is 25.8 Å². The Hall–Kier alpha value is -1.31. The predicted molar refractivity (Wildman–Crippen MR) is 64.8 cm³/mol. The van der Waals surface area contributed by atoms with Crippen molar-refractivity contribution in [2.75, 3.05) is 36.9 Å². The third-order valence-corrected chi connectivity index (χ3v) is 3.08. The number of nitrogens with zero attached hydrogens (tertiary/aromatic N) is 2. The number of hydrogen-bond acceptors (Lipinski definition) is 6. The van der Waals surface area contributed by atoms with Crippen LogP contribution in [0.25, 0.3) is 10.3 Å². The van der Waals surface area contributed by atoms with Crippen LogP contribution in [0.4, 0.5) is 10.9 Å². The average Bonchev–Trinajstić information content (AvgIpc) is 2.74. The molecule has 0 aliphatic rings. The summed E-state index contributed by atoms with van der Waals surface area (Å²) in [5.41, 5.74) is 6.53. The van der Waals surface area contributed by atoms with Crippen LogP contribution in [0, 0.1) is 0 Å². The van der Waals surface area contributed by atoms with Gasteiger partial charge in [-0.1, -0.05) is 11.3 Å². The molecule has 5 N–H and O–H groups in total. The van der Waals surface area contributed by atoms with E-state index in [9.17, 15) is 0 Å². The van der Waals surface area contributed by atoms with Gasteiger partial charge in [0.15, 0.2) is 0 Å². The fraction of sp³-hybridized carbons (Fsp3) is 0.444. The minimum atomic E-state index is 0.0243. The average molecular weight is 242 g/mol. The first kappa shape index (κ1) is 11.2. The molecule has 2 aromatic heterocycles. The number of aliphatic hydroxyl groups excluding tert-OH is 2. The Balaban J connectivity index is 2.25. The van der Waals surface area contributed by atoms with E-state index in [-0.39, 0.29) is 13.2 Å². The van der Waals surface area contributed by atoms with E-state index in [4.69, 9.17) is 15.9 Å². The topological polar surface area (TPSA) is 98.4 Å². The van der Waals surface area contributed by atoms with E-state index in [0.29, 0.717) is 19.0 Å². The monoisotopic (exact) mass is 242 g/mol. The fourth-order valence-electron chi connectivity index (χ4n) is 1.53. The zero-order chi connectivity index (χ0) is 11.5. The maximum Gasteiger partial charge on any atom is 0.204 e. The number of nitrogens with one attached hydrogen (secondary N) is 1. The molecule has 0 aliphatic heterocycles. The largest absolute Gasteiger partial charge is 0.395 e. The number of thiophene rings is 1. The van der Waals surface area contributed by atoms with E-state index in [0.717, 1.165) is 15.3 Å². The molecule has 0 fully saturated rings. The minimum absolute atomic E-state index is 0.0243. The molecule has 0 saturated heterocycles. The molecule has 0 unspecified atom stereocenters. The van der Waals surface area contributed by atoms with E-state index in [1.165, 1.54) is 11.3 Å². The van der Waals surface area contributed by atoms with Crippen molar-refractivity contribution in [2.24, 2.45) is 0 Å². The zero-order valence-corrected chi connectivity index (χ0v) is 9.50. The second kappa shape index (κ2) is 4.69. The minimum Gasteiger partial charge on any atom is -0.395 e. The molecule has 0 saturated carbocycles. The van der Waals surface area contributed by atoms with Crippen LogP contribution < -0.4 is 10.6 Å². The Kier molecular flexibility index (Phi) is 3.28. The van der Waals surface area contributed by atoms with E-state index in [2.05, 4.69) is 9.97 Å². The highest BCUT2D eigenvalue weighted by molar-refractivity contribution is 7.22. The summed E-state index contributed by atoms with van der Waals surface area (Å²) < 4.78 is 0. The standard InChI is InChI=1S/C9H14N4O2S/c10-7-5-6-8(16-7)12-9(11-6)13(1-3-14)2-4-15/h5,14-15H,1-4,10H2,(H,11,12). The van der Waals surface area contributed by atoms with E-state index in [1.54, 1.807) is 4.90 Å². The van der Waals surface area contributed by atoms with Gasteiger partial charge in [-0.2, -0.15) is 0 Å². The summed E-state index contributed by atoms with van der Waals surface area (Å²) in [6.45, 7) is 0.931. The number of anilines is 2. The van der Waals surface area contributed by atoms with E-state index >= 15 is 0 Å².